The van der Waals surface area contributed by atoms with Crippen LogP contribution in [0.4, 0.5) is 0 Å². The van der Waals surface area contributed by atoms with E-state index in [0.29, 0.717) is 5.90 Å². The van der Waals surface area contributed by atoms with E-state index in [9.17, 15) is 4.79 Å². The number of H-pyrrole nitrogens is 1. The standard InChI is InChI=1S/C38H28N4O2/c1-44-35-24-22-33(42-35)38(27-15-9-4-10-16-27)31-20-18-29(40-31)36(25-11-5-2-6-12-25)28-17-19-30(39-28)37(26-13-7-3-8-14-26)32-21-23-34(43)41-32/h2-24,40H,1H3,(H,41,43)/b36-28-,37-32-,38-33-. The van der Waals surface area contributed by atoms with Gasteiger partial charge in [-0.1, -0.05) is 91.0 Å². The lowest BCUT2D eigenvalue weighted by Gasteiger charge is -2.12. The lowest BCUT2D eigenvalue weighted by Crippen LogP contribution is -2.16. The van der Waals surface area contributed by atoms with Crippen LogP contribution in [0.2, 0.25) is 0 Å². The van der Waals surface area contributed by atoms with Crippen molar-refractivity contribution >= 4 is 34.2 Å². The van der Waals surface area contributed by atoms with Gasteiger partial charge in [0.2, 0.25) is 11.8 Å². The number of aromatic amines is 1. The van der Waals surface area contributed by atoms with Crippen LogP contribution >= 0.6 is 0 Å². The maximum Gasteiger partial charge on any atom is 0.248 e. The van der Waals surface area contributed by atoms with Crippen LogP contribution in [0.3, 0.4) is 0 Å². The summed E-state index contributed by atoms with van der Waals surface area (Å²) in [5, 5.41) is 2.96. The highest BCUT2D eigenvalue weighted by atomic mass is 16.5. The van der Waals surface area contributed by atoms with Crippen molar-refractivity contribution in [3.63, 3.8) is 0 Å². The molecule has 6 heteroatoms. The van der Waals surface area contributed by atoms with E-state index in [1.165, 1.54) is 0 Å². The second-order valence-electron chi connectivity index (χ2n) is 10.3. The zero-order valence-electron chi connectivity index (χ0n) is 24.0. The molecule has 0 atom stereocenters. The van der Waals surface area contributed by atoms with E-state index in [-0.39, 0.29) is 5.91 Å². The molecule has 0 fully saturated rings. The highest BCUT2D eigenvalue weighted by molar-refractivity contribution is 6.32. The van der Waals surface area contributed by atoms with Crippen molar-refractivity contribution in [1.29, 1.82) is 0 Å². The van der Waals surface area contributed by atoms with Gasteiger partial charge in [-0.3, -0.25) is 4.79 Å². The molecule has 4 aromatic rings. The number of carbonyl (C=O) groups excluding carboxylic acids is 1. The molecule has 0 unspecified atom stereocenters. The Morgan fingerprint density at radius 1 is 0.568 bits per heavy atom. The number of amides is 1. The summed E-state index contributed by atoms with van der Waals surface area (Å²) in [4.78, 5) is 25.7. The molecule has 0 spiro atoms. The molecule has 1 amide bonds. The lowest BCUT2D eigenvalue weighted by molar-refractivity contribution is -0.115. The number of aliphatic imine (C=N–C) groups is 2. The Balaban J connectivity index is 1.38. The average Bonchev–Trinajstić information content (AvgIpc) is 3.90. The van der Waals surface area contributed by atoms with Gasteiger partial charge in [-0.2, -0.15) is 0 Å². The summed E-state index contributed by atoms with van der Waals surface area (Å²) in [5.41, 5.74) is 10.9. The number of benzene rings is 3. The summed E-state index contributed by atoms with van der Waals surface area (Å²) in [6.45, 7) is 0. The third-order valence-electron chi connectivity index (χ3n) is 7.57. The van der Waals surface area contributed by atoms with Gasteiger partial charge in [-0.05, 0) is 53.1 Å². The van der Waals surface area contributed by atoms with Crippen molar-refractivity contribution in [2.24, 2.45) is 9.98 Å². The van der Waals surface area contributed by atoms with Crippen molar-refractivity contribution in [3.05, 3.63) is 185 Å². The van der Waals surface area contributed by atoms with Gasteiger partial charge in [-0.15, -0.1) is 0 Å². The average molecular weight is 573 g/mol. The van der Waals surface area contributed by atoms with Crippen molar-refractivity contribution in [3.8, 4) is 0 Å². The molecule has 1 aromatic heterocycles. The van der Waals surface area contributed by atoms with Gasteiger partial charge in [0.05, 0.1) is 29.9 Å². The zero-order valence-corrected chi connectivity index (χ0v) is 24.0. The van der Waals surface area contributed by atoms with E-state index in [4.69, 9.17) is 14.7 Å². The first kappa shape index (κ1) is 26.9. The molecule has 0 radical (unpaired) electrons. The lowest BCUT2D eigenvalue weighted by atomic mass is 9.99. The van der Waals surface area contributed by atoms with E-state index in [1.807, 2.05) is 97.1 Å². The van der Waals surface area contributed by atoms with Gasteiger partial charge in [-0.25, -0.2) is 9.98 Å². The SMILES string of the molecule is COC1=N/C(=C(/c2ccccc2)c2ccc(/C(=C3/C=CC(C(=C4/C=CC(=O)N4)/c4ccccc4)=N3)c3ccccc3)[nH]2)C=C1. The fourth-order valence-electron chi connectivity index (χ4n) is 5.58. The molecule has 3 aromatic carbocycles. The maximum atomic E-state index is 12.1. The number of methoxy groups -OCH3 is 1. The molecule has 44 heavy (non-hydrogen) atoms. The molecular formula is C38H28N4O2. The number of hydrogen-bond acceptors (Lipinski definition) is 4. The van der Waals surface area contributed by atoms with Crippen molar-refractivity contribution in [2.75, 3.05) is 7.11 Å². The quantitative estimate of drug-likeness (QED) is 0.255. The van der Waals surface area contributed by atoms with Gasteiger partial charge < -0.3 is 15.0 Å². The normalized spacial score (nSPS) is 18.7. The van der Waals surface area contributed by atoms with Gasteiger partial charge in [0.15, 0.2) is 0 Å². The Bertz CT molecular complexity index is 2000. The predicted octanol–water partition coefficient (Wildman–Crippen LogP) is 7.26. The number of nitrogens with zero attached hydrogens (tertiary/aromatic N) is 2. The fraction of sp³-hybridized carbons (Fsp3) is 0.0263. The number of ether oxygens (including phenoxy) is 1. The second-order valence-corrected chi connectivity index (χ2v) is 10.3. The van der Waals surface area contributed by atoms with Gasteiger partial charge >= 0.3 is 0 Å². The van der Waals surface area contributed by atoms with Crippen molar-refractivity contribution in [1.82, 2.24) is 10.3 Å². The molecule has 0 bridgehead atoms. The summed E-state index contributed by atoms with van der Waals surface area (Å²) in [6, 6.07) is 34.6. The zero-order chi connectivity index (χ0) is 29.9. The first-order valence-corrected chi connectivity index (χ1v) is 14.3. The summed E-state index contributed by atoms with van der Waals surface area (Å²) >= 11 is 0. The van der Waals surface area contributed by atoms with E-state index >= 15 is 0 Å². The van der Waals surface area contributed by atoms with Crippen molar-refractivity contribution < 1.29 is 9.53 Å². The Hall–Kier alpha value is -6.01. The van der Waals surface area contributed by atoms with Gasteiger partial charge in [0.25, 0.3) is 0 Å². The van der Waals surface area contributed by atoms with E-state index < -0.39 is 0 Å². The minimum Gasteiger partial charge on any atom is -0.481 e. The Morgan fingerprint density at radius 3 is 1.59 bits per heavy atom. The number of aromatic nitrogens is 1. The largest absolute Gasteiger partial charge is 0.481 e. The molecule has 4 heterocycles. The van der Waals surface area contributed by atoms with Crippen LogP contribution in [-0.4, -0.2) is 29.6 Å². The summed E-state index contributed by atoms with van der Waals surface area (Å²) in [6.07, 6.45) is 11.3. The minimum atomic E-state index is -0.141. The van der Waals surface area contributed by atoms with E-state index in [0.717, 1.165) is 67.6 Å². The first-order chi connectivity index (χ1) is 21.7. The minimum absolute atomic E-state index is 0.141. The van der Waals surface area contributed by atoms with Crippen LogP contribution in [0.1, 0.15) is 28.1 Å². The van der Waals surface area contributed by atoms with Crippen LogP contribution in [-0.2, 0) is 9.53 Å². The van der Waals surface area contributed by atoms with E-state index in [1.54, 1.807) is 13.2 Å². The smallest absolute Gasteiger partial charge is 0.248 e. The molecule has 3 aliphatic rings. The van der Waals surface area contributed by atoms with Gasteiger partial charge in [0, 0.05) is 40.3 Å². The van der Waals surface area contributed by atoms with E-state index in [2.05, 4.69) is 46.7 Å². The van der Waals surface area contributed by atoms with Crippen LogP contribution in [0.5, 0.6) is 0 Å². The Kier molecular flexibility index (Phi) is 7.14. The number of carbonyl (C=O) groups is 1. The van der Waals surface area contributed by atoms with Crippen LogP contribution in [0, 0.1) is 0 Å². The highest BCUT2D eigenvalue weighted by Crippen LogP contribution is 2.36. The topological polar surface area (TPSA) is 78.8 Å². The molecule has 0 saturated carbocycles. The maximum absolute atomic E-state index is 12.1. The summed E-state index contributed by atoms with van der Waals surface area (Å²) in [7, 11) is 1.62. The third-order valence-corrected chi connectivity index (χ3v) is 7.57. The monoisotopic (exact) mass is 572 g/mol. The Morgan fingerprint density at radius 2 is 1.09 bits per heavy atom. The predicted molar refractivity (Wildman–Crippen MR) is 177 cm³/mol. The molecule has 0 aliphatic carbocycles. The molecule has 7 rings (SSSR count). The van der Waals surface area contributed by atoms with Crippen LogP contribution in [0.15, 0.2) is 167 Å². The molecule has 212 valence electrons. The van der Waals surface area contributed by atoms with Crippen molar-refractivity contribution in [2.45, 2.75) is 0 Å². The molecule has 6 nitrogen and oxygen atoms in total. The third kappa shape index (κ3) is 5.21. The number of allylic oxidation sites excluding steroid dienone is 5. The second kappa shape index (κ2) is 11.7. The van der Waals surface area contributed by atoms with Crippen LogP contribution in [0.25, 0.3) is 16.7 Å². The molecule has 2 N–H and O–H groups in total. The number of nitrogens with one attached hydrogen (secondary N) is 2. The molecule has 3 aliphatic heterocycles. The number of hydrogen-bond donors (Lipinski definition) is 2. The summed E-state index contributed by atoms with van der Waals surface area (Å²) in [5.74, 6) is 0.431. The van der Waals surface area contributed by atoms with Crippen LogP contribution < -0.4 is 5.32 Å². The van der Waals surface area contributed by atoms with Gasteiger partial charge in [0.1, 0.15) is 0 Å². The highest BCUT2D eigenvalue weighted by Gasteiger charge is 2.23. The first-order valence-electron chi connectivity index (χ1n) is 14.3. The molecule has 0 saturated heterocycles. The number of rotatable bonds is 6. The Labute approximate surface area is 255 Å². The summed E-state index contributed by atoms with van der Waals surface area (Å²) < 4.78 is 5.39. The fourth-order valence-corrected chi connectivity index (χ4v) is 5.58. The molecular weight excluding hydrogens is 544 g/mol.